The highest BCUT2D eigenvalue weighted by Gasteiger charge is 2.37. The van der Waals surface area contributed by atoms with Crippen LogP contribution in [0.4, 0.5) is 27.9 Å². The number of nitrogens with zero attached hydrogens (tertiary/aromatic N) is 9. The molecule has 1 aliphatic rings. The van der Waals surface area contributed by atoms with E-state index >= 15 is 0 Å². The van der Waals surface area contributed by atoms with E-state index in [9.17, 15) is 30.6 Å². The second-order valence-corrected chi connectivity index (χ2v) is 10.3. The predicted molar refractivity (Wildman–Crippen MR) is 155 cm³/mol. The average Bonchev–Trinajstić information content (AvgIpc) is 3.40. The fraction of sp³-hybridized carbons (Fsp3) is 0.462. The molecule has 1 amide bonds. The van der Waals surface area contributed by atoms with E-state index in [1.54, 1.807) is 19.2 Å². The smallest absolute Gasteiger partial charge is 0.407 e. The van der Waals surface area contributed by atoms with Crippen molar-refractivity contribution < 1.29 is 20.1 Å². The number of hydrogen-bond acceptors (Lipinski definition) is 12. The molecule has 0 spiro atoms. The molecule has 3 heterocycles. The highest BCUT2D eigenvalue weighted by Crippen LogP contribution is 2.38. The number of piperidine rings is 1. The van der Waals surface area contributed by atoms with Gasteiger partial charge in [-0.25, -0.2) is 9.78 Å². The van der Waals surface area contributed by atoms with E-state index in [0.717, 1.165) is 0 Å². The van der Waals surface area contributed by atoms with Gasteiger partial charge in [-0.3, -0.25) is 4.90 Å². The van der Waals surface area contributed by atoms with Crippen LogP contribution in [0.3, 0.4) is 0 Å². The quantitative estimate of drug-likeness (QED) is 0.225. The zero-order valence-corrected chi connectivity index (χ0v) is 24.1. The Balaban J connectivity index is 1.71. The van der Waals surface area contributed by atoms with Crippen LogP contribution in [0.2, 0.25) is 5.02 Å². The van der Waals surface area contributed by atoms with E-state index in [1.165, 1.54) is 22.7 Å². The van der Waals surface area contributed by atoms with Crippen LogP contribution in [0.1, 0.15) is 24.6 Å². The Morgan fingerprint density at radius 3 is 2.69 bits per heavy atom. The number of aromatic nitrogens is 4. The van der Waals surface area contributed by atoms with Gasteiger partial charge >= 0.3 is 6.09 Å². The van der Waals surface area contributed by atoms with E-state index in [4.69, 9.17) is 11.6 Å². The SMILES string of the molecule is CCNc1nc(Nc2cc(C#N)cc(N3CC[C@@H](N(C)C(=O)O)C(N(C)C[C@H](O)CO)C3)c2Cl)nn2c(C#N)cnc12. The highest BCUT2D eigenvalue weighted by atomic mass is 35.5. The minimum atomic E-state index is -1.07. The number of benzene rings is 1. The number of anilines is 4. The third-order valence-corrected chi connectivity index (χ3v) is 7.61. The number of rotatable bonds is 10. The zero-order chi connectivity index (χ0) is 30.6. The van der Waals surface area contributed by atoms with Crippen LogP contribution in [0.15, 0.2) is 18.3 Å². The topological polar surface area (TPSA) is 202 Å². The molecule has 1 aromatic carbocycles. The molecular formula is C26H32ClN11O4. The maximum Gasteiger partial charge on any atom is 0.407 e. The average molecular weight is 598 g/mol. The molecule has 1 saturated heterocycles. The van der Waals surface area contributed by atoms with Gasteiger partial charge in [-0.05, 0) is 32.5 Å². The van der Waals surface area contributed by atoms with Gasteiger partial charge in [0, 0.05) is 39.3 Å². The Morgan fingerprint density at radius 2 is 2.05 bits per heavy atom. The molecule has 1 aliphatic heterocycles. The van der Waals surface area contributed by atoms with Crippen LogP contribution in [-0.2, 0) is 0 Å². The molecule has 0 aliphatic carbocycles. The van der Waals surface area contributed by atoms with Crippen LogP contribution in [-0.4, -0.2) is 116 Å². The summed E-state index contributed by atoms with van der Waals surface area (Å²) in [6, 6.07) is 6.67. The summed E-state index contributed by atoms with van der Waals surface area (Å²) < 4.78 is 1.36. The molecule has 3 atom stereocenters. The number of aliphatic hydroxyl groups is 2. The third-order valence-electron chi connectivity index (χ3n) is 7.21. The van der Waals surface area contributed by atoms with Crippen molar-refractivity contribution in [2.75, 3.05) is 62.4 Å². The second kappa shape index (κ2) is 13.1. The number of carbonyl (C=O) groups is 1. The van der Waals surface area contributed by atoms with Gasteiger partial charge in [-0.1, -0.05) is 11.6 Å². The molecule has 15 nitrogen and oxygen atoms in total. The van der Waals surface area contributed by atoms with Crippen molar-refractivity contribution in [3.05, 3.63) is 34.6 Å². The molecule has 0 saturated carbocycles. The first kappa shape index (κ1) is 30.5. The monoisotopic (exact) mass is 597 g/mol. The van der Waals surface area contributed by atoms with E-state index in [1.807, 2.05) is 22.8 Å². The maximum absolute atomic E-state index is 11.8. The molecule has 16 heteroatoms. The highest BCUT2D eigenvalue weighted by molar-refractivity contribution is 6.36. The molecule has 3 aromatic rings. The predicted octanol–water partition coefficient (Wildman–Crippen LogP) is 1.54. The van der Waals surface area contributed by atoms with Gasteiger partial charge in [0.2, 0.25) is 5.95 Å². The van der Waals surface area contributed by atoms with Crippen molar-refractivity contribution >= 4 is 46.5 Å². The van der Waals surface area contributed by atoms with Gasteiger partial charge in [-0.2, -0.15) is 20.0 Å². The van der Waals surface area contributed by atoms with Gasteiger partial charge in [0.15, 0.2) is 17.2 Å². The first-order valence-electron chi connectivity index (χ1n) is 13.2. The zero-order valence-electron chi connectivity index (χ0n) is 23.4. The Morgan fingerprint density at radius 1 is 1.29 bits per heavy atom. The number of aliphatic hydroxyl groups excluding tert-OH is 2. The molecule has 0 bridgehead atoms. The third kappa shape index (κ3) is 6.24. The lowest BCUT2D eigenvalue weighted by molar-refractivity contribution is 0.0312. The fourth-order valence-electron chi connectivity index (χ4n) is 5.10. The summed E-state index contributed by atoms with van der Waals surface area (Å²) >= 11 is 6.91. The van der Waals surface area contributed by atoms with Crippen LogP contribution in [0.5, 0.6) is 0 Å². The number of imidazole rings is 1. The van der Waals surface area contributed by atoms with E-state index < -0.39 is 18.8 Å². The Kier molecular flexibility index (Phi) is 9.49. The van der Waals surface area contributed by atoms with Crippen molar-refractivity contribution in [1.82, 2.24) is 29.4 Å². The summed E-state index contributed by atoms with van der Waals surface area (Å²) in [6.07, 6.45) is -0.221. The molecule has 5 N–H and O–H groups in total. The molecule has 4 rings (SSSR count). The Hall–Kier alpha value is -4.41. The lowest BCUT2D eigenvalue weighted by Crippen LogP contribution is -2.61. The molecule has 42 heavy (non-hydrogen) atoms. The normalized spacial score (nSPS) is 17.5. The Labute approximate surface area is 247 Å². The largest absolute Gasteiger partial charge is 0.465 e. The molecule has 1 unspecified atom stereocenters. The van der Waals surface area contributed by atoms with E-state index in [2.05, 4.69) is 31.8 Å². The van der Waals surface area contributed by atoms with Gasteiger partial charge < -0.3 is 35.8 Å². The molecule has 0 radical (unpaired) electrons. The van der Waals surface area contributed by atoms with Crippen molar-refractivity contribution in [1.29, 1.82) is 10.5 Å². The number of hydrogen-bond donors (Lipinski definition) is 5. The van der Waals surface area contributed by atoms with Crippen molar-refractivity contribution in [3.63, 3.8) is 0 Å². The van der Waals surface area contributed by atoms with E-state index in [0.29, 0.717) is 54.5 Å². The molecule has 222 valence electrons. The number of halogens is 1. The number of fused-ring (bicyclic) bond motifs is 1. The van der Waals surface area contributed by atoms with E-state index in [-0.39, 0.29) is 35.3 Å². The summed E-state index contributed by atoms with van der Waals surface area (Å²) in [7, 11) is 3.27. The minimum Gasteiger partial charge on any atom is -0.465 e. The Bertz CT molecular complexity index is 1540. The molecule has 2 aromatic heterocycles. The second-order valence-electron chi connectivity index (χ2n) is 9.94. The number of likely N-dealkylation sites (N-methyl/N-ethyl adjacent to an activating group) is 2. The number of nitriles is 2. The number of nitrogens with one attached hydrogen (secondary N) is 2. The summed E-state index contributed by atoms with van der Waals surface area (Å²) in [4.78, 5) is 25.6. The fourth-order valence-corrected chi connectivity index (χ4v) is 5.38. The summed E-state index contributed by atoms with van der Waals surface area (Å²) in [5.41, 5.74) is 1.81. The summed E-state index contributed by atoms with van der Waals surface area (Å²) in [5.74, 6) is 0.526. The summed E-state index contributed by atoms with van der Waals surface area (Å²) in [6.45, 7) is 2.92. The van der Waals surface area contributed by atoms with Gasteiger partial charge in [0.1, 0.15) is 6.07 Å². The summed E-state index contributed by atoms with van der Waals surface area (Å²) in [5, 5.41) is 59.3. The first-order chi connectivity index (χ1) is 20.1. The van der Waals surface area contributed by atoms with Gasteiger partial charge in [-0.15, -0.1) is 5.10 Å². The lowest BCUT2D eigenvalue weighted by atomic mass is 9.95. The lowest BCUT2D eigenvalue weighted by Gasteiger charge is -2.46. The minimum absolute atomic E-state index is 0.119. The van der Waals surface area contributed by atoms with Crippen LogP contribution in [0.25, 0.3) is 5.65 Å². The molecular weight excluding hydrogens is 566 g/mol. The van der Waals surface area contributed by atoms with Crippen LogP contribution >= 0.6 is 11.6 Å². The van der Waals surface area contributed by atoms with Crippen LogP contribution in [0, 0.1) is 22.7 Å². The number of amides is 1. The van der Waals surface area contributed by atoms with Crippen molar-refractivity contribution in [2.45, 2.75) is 31.5 Å². The molecule has 1 fully saturated rings. The first-order valence-corrected chi connectivity index (χ1v) is 13.6. The van der Waals surface area contributed by atoms with Crippen LogP contribution < -0.4 is 15.5 Å². The van der Waals surface area contributed by atoms with Gasteiger partial charge in [0.05, 0.1) is 53.0 Å². The van der Waals surface area contributed by atoms with Gasteiger partial charge in [0.25, 0.3) is 0 Å². The maximum atomic E-state index is 11.8. The standard InChI is InChI=1S/C26H32ClN11O4/c1-4-30-23-24-31-11-16(10-29)38(24)34-25(33-23)32-18-7-15(9-28)8-20(22(18)27)37-6-5-19(36(3)26(41)42)21(13-37)35(2)12-17(40)14-39/h7-8,11,17,19,21,39-40H,4-6,12-14H2,1-3H3,(H,41,42)(H2,30,32,33,34)/t17-,19+,21?/m0/s1. The van der Waals surface area contributed by atoms with Crippen molar-refractivity contribution in [3.8, 4) is 12.1 Å². The number of carboxylic acid groups (broad SMARTS) is 1. The van der Waals surface area contributed by atoms with Crippen molar-refractivity contribution in [2.24, 2.45) is 0 Å².